The van der Waals surface area contributed by atoms with E-state index in [1.165, 1.54) is 18.2 Å². The zero-order chi connectivity index (χ0) is 13.1. The van der Waals surface area contributed by atoms with Gasteiger partial charge in [-0.25, -0.2) is 13.2 Å². The summed E-state index contributed by atoms with van der Waals surface area (Å²) in [6.07, 6.45) is 0. The Labute approximate surface area is 103 Å². The van der Waals surface area contributed by atoms with Gasteiger partial charge in [0, 0.05) is 12.1 Å². The number of hydrogen-bond donors (Lipinski definition) is 1. The number of hydrogen-bond acceptors (Lipinski definition) is 1. The Morgan fingerprint density at radius 1 is 1.00 bits per heavy atom. The van der Waals surface area contributed by atoms with E-state index < -0.39 is 11.6 Å². The minimum atomic E-state index is -0.953. The van der Waals surface area contributed by atoms with Gasteiger partial charge in [0.2, 0.25) is 0 Å². The van der Waals surface area contributed by atoms with Crippen molar-refractivity contribution in [3.8, 4) is 0 Å². The molecule has 0 aliphatic rings. The summed E-state index contributed by atoms with van der Waals surface area (Å²) in [6, 6.07) is 8.52. The molecule has 0 aromatic heterocycles. The molecule has 0 atom stereocenters. The molecule has 0 heterocycles. The molecular formula is C14H12F3N. The highest BCUT2D eigenvalue weighted by Crippen LogP contribution is 2.18. The van der Waals surface area contributed by atoms with E-state index in [2.05, 4.69) is 5.32 Å². The third kappa shape index (κ3) is 2.64. The highest BCUT2D eigenvalue weighted by molar-refractivity contribution is 5.45. The van der Waals surface area contributed by atoms with Gasteiger partial charge in [-0.05, 0) is 25.1 Å². The third-order valence-corrected chi connectivity index (χ3v) is 2.62. The third-order valence-electron chi connectivity index (χ3n) is 2.62. The lowest BCUT2D eigenvalue weighted by Gasteiger charge is -2.09. The minimum Gasteiger partial charge on any atom is -0.378 e. The lowest BCUT2D eigenvalue weighted by Crippen LogP contribution is -2.04. The molecule has 0 fully saturated rings. The molecular weight excluding hydrogens is 239 g/mol. The number of benzene rings is 2. The fraction of sp³-hybridized carbons (Fsp3) is 0.143. The Bertz CT molecular complexity index is 565. The van der Waals surface area contributed by atoms with Crippen LogP contribution in [0.1, 0.15) is 11.1 Å². The first-order chi connectivity index (χ1) is 8.58. The lowest BCUT2D eigenvalue weighted by molar-refractivity contribution is 0.510. The van der Waals surface area contributed by atoms with Crippen molar-refractivity contribution in [2.45, 2.75) is 13.5 Å². The van der Waals surface area contributed by atoms with E-state index in [1.807, 2.05) is 6.92 Å². The Hall–Kier alpha value is -1.97. The summed E-state index contributed by atoms with van der Waals surface area (Å²) in [7, 11) is 0. The van der Waals surface area contributed by atoms with Gasteiger partial charge in [-0.1, -0.05) is 23.8 Å². The molecule has 0 radical (unpaired) electrons. The molecule has 2 rings (SSSR count). The van der Waals surface area contributed by atoms with Crippen molar-refractivity contribution < 1.29 is 13.2 Å². The zero-order valence-electron chi connectivity index (χ0n) is 9.81. The van der Waals surface area contributed by atoms with Crippen LogP contribution in [-0.4, -0.2) is 0 Å². The first kappa shape index (κ1) is 12.5. The Morgan fingerprint density at radius 3 is 2.56 bits per heavy atom. The second kappa shape index (κ2) is 5.12. The Balaban J connectivity index is 2.16. The zero-order valence-corrected chi connectivity index (χ0v) is 9.81. The second-order valence-electron chi connectivity index (χ2n) is 4.05. The van der Waals surface area contributed by atoms with Crippen molar-refractivity contribution in [1.82, 2.24) is 0 Å². The molecule has 0 spiro atoms. The summed E-state index contributed by atoms with van der Waals surface area (Å²) >= 11 is 0. The molecule has 0 aliphatic carbocycles. The van der Waals surface area contributed by atoms with Crippen LogP contribution in [0.5, 0.6) is 0 Å². The smallest absolute Gasteiger partial charge is 0.181 e. The Morgan fingerprint density at radius 2 is 1.78 bits per heavy atom. The summed E-state index contributed by atoms with van der Waals surface area (Å²) in [5, 5.41) is 2.68. The first-order valence-electron chi connectivity index (χ1n) is 5.51. The summed E-state index contributed by atoms with van der Waals surface area (Å²) in [4.78, 5) is 0. The van der Waals surface area contributed by atoms with Crippen molar-refractivity contribution in [2.75, 3.05) is 5.32 Å². The van der Waals surface area contributed by atoms with Crippen molar-refractivity contribution in [1.29, 1.82) is 0 Å². The van der Waals surface area contributed by atoms with Crippen molar-refractivity contribution in [3.63, 3.8) is 0 Å². The van der Waals surface area contributed by atoms with Crippen LogP contribution in [0.2, 0.25) is 0 Å². The fourth-order valence-electron chi connectivity index (χ4n) is 1.67. The second-order valence-corrected chi connectivity index (χ2v) is 4.05. The van der Waals surface area contributed by atoms with Crippen molar-refractivity contribution in [2.24, 2.45) is 0 Å². The molecule has 2 aromatic carbocycles. The van der Waals surface area contributed by atoms with Gasteiger partial charge in [-0.15, -0.1) is 0 Å². The van der Waals surface area contributed by atoms with Crippen molar-refractivity contribution >= 4 is 5.69 Å². The summed E-state index contributed by atoms with van der Waals surface area (Å²) in [5.41, 5.74) is 1.35. The van der Waals surface area contributed by atoms with Crippen LogP contribution in [0.15, 0.2) is 36.4 Å². The van der Waals surface area contributed by atoms with E-state index in [1.54, 1.807) is 12.1 Å². The van der Waals surface area contributed by atoms with Gasteiger partial charge in [0.1, 0.15) is 5.82 Å². The number of nitrogens with one attached hydrogen (secondary N) is 1. The topological polar surface area (TPSA) is 12.0 Å². The maximum absolute atomic E-state index is 13.4. The van der Waals surface area contributed by atoms with E-state index in [0.29, 0.717) is 5.56 Å². The van der Waals surface area contributed by atoms with Gasteiger partial charge in [0.05, 0.1) is 5.69 Å². The van der Waals surface area contributed by atoms with E-state index in [-0.39, 0.29) is 18.0 Å². The number of rotatable bonds is 3. The van der Waals surface area contributed by atoms with E-state index in [4.69, 9.17) is 0 Å². The molecule has 0 unspecified atom stereocenters. The van der Waals surface area contributed by atoms with Crippen LogP contribution < -0.4 is 5.32 Å². The van der Waals surface area contributed by atoms with E-state index in [9.17, 15) is 13.2 Å². The van der Waals surface area contributed by atoms with Crippen LogP contribution in [0.4, 0.5) is 18.9 Å². The first-order valence-corrected chi connectivity index (χ1v) is 5.51. The molecule has 4 heteroatoms. The van der Waals surface area contributed by atoms with Gasteiger partial charge < -0.3 is 5.32 Å². The van der Waals surface area contributed by atoms with Gasteiger partial charge in [0.25, 0.3) is 0 Å². The van der Waals surface area contributed by atoms with Crippen LogP contribution in [0.25, 0.3) is 0 Å². The minimum absolute atomic E-state index is 0.0240. The molecule has 0 bridgehead atoms. The number of anilines is 1. The van der Waals surface area contributed by atoms with Crippen molar-refractivity contribution in [3.05, 3.63) is 65.0 Å². The van der Waals surface area contributed by atoms with Crippen LogP contribution >= 0.6 is 0 Å². The maximum Gasteiger partial charge on any atom is 0.181 e. The van der Waals surface area contributed by atoms with Gasteiger partial charge >= 0.3 is 0 Å². The fourth-order valence-corrected chi connectivity index (χ4v) is 1.67. The molecule has 18 heavy (non-hydrogen) atoms. The molecule has 1 nitrogen and oxygen atoms in total. The van der Waals surface area contributed by atoms with Crippen LogP contribution in [0.3, 0.4) is 0 Å². The summed E-state index contributed by atoms with van der Waals surface area (Å²) in [6.45, 7) is 1.94. The normalized spacial score (nSPS) is 10.4. The number of aryl methyl sites for hydroxylation is 1. The van der Waals surface area contributed by atoms with Crippen LogP contribution in [0, 0.1) is 24.4 Å². The number of halogens is 3. The lowest BCUT2D eigenvalue weighted by atomic mass is 10.1. The summed E-state index contributed by atoms with van der Waals surface area (Å²) < 4.78 is 39.8. The van der Waals surface area contributed by atoms with Gasteiger partial charge in [0.15, 0.2) is 11.6 Å². The quantitative estimate of drug-likeness (QED) is 0.868. The molecule has 94 valence electrons. The Kier molecular flexibility index (Phi) is 3.55. The predicted molar refractivity (Wildman–Crippen MR) is 64.8 cm³/mol. The highest BCUT2D eigenvalue weighted by atomic mass is 19.2. The molecule has 0 aliphatic heterocycles. The molecule has 1 N–H and O–H groups in total. The average Bonchev–Trinajstić information content (AvgIpc) is 2.35. The average molecular weight is 251 g/mol. The molecule has 2 aromatic rings. The molecule has 0 saturated carbocycles. The van der Waals surface area contributed by atoms with E-state index >= 15 is 0 Å². The largest absolute Gasteiger partial charge is 0.378 e. The van der Waals surface area contributed by atoms with Gasteiger partial charge in [-0.3, -0.25) is 0 Å². The van der Waals surface area contributed by atoms with Crippen LogP contribution in [-0.2, 0) is 6.54 Å². The standard InChI is InChI=1S/C14H12F3N/c1-9-5-6-11(15)10(7-9)8-18-13-4-2-3-12(16)14(13)17/h2-7,18H,8H2,1H3. The highest BCUT2D eigenvalue weighted by Gasteiger charge is 2.08. The van der Waals surface area contributed by atoms with E-state index in [0.717, 1.165) is 11.6 Å². The van der Waals surface area contributed by atoms with Gasteiger partial charge in [-0.2, -0.15) is 0 Å². The SMILES string of the molecule is Cc1ccc(F)c(CNc2cccc(F)c2F)c1. The predicted octanol–water partition coefficient (Wildman–Crippen LogP) is 4.02. The monoisotopic (exact) mass is 251 g/mol. The molecule has 0 saturated heterocycles. The summed E-state index contributed by atoms with van der Waals surface area (Å²) in [5.74, 6) is -2.25. The molecule has 0 amide bonds. The maximum atomic E-state index is 13.4.